The molecule has 25 heavy (non-hydrogen) atoms. The Morgan fingerprint density at radius 1 is 1.04 bits per heavy atom. The summed E-state index contributed by atoms with van der Waals surface area (Å²) in [6.45, 7) is 10.9. The average molecular weight is 371 g/mol. The van der Waals surface area contributed by atoms with Gasteiger partial charge in [0.1, 0.15) is 14.2 Å². The third-order valence-electron chi connectivity index (χ3n) is 4.09. The molecule has 0 fully saturated rings. The Balaban J connectivity index is 4.71. The lowest BCUT2D eigenvalue weighted by molar-refractivity contribution is -0.0992. The van der Waals surface area contributed by atoms with Crippen LogP contribution >= 0.6 is 0 Å². The number of aliphatic hydroxyl groups excluding tert-OH is 2. The summed E-state index contributed by atoms with van der Waals surface area (Å²) in [6, 6.07) is 0. The maximum absolute atomic E-state index is 10.7. The molecule has 0 aliphatic carbocycles. The molecule has 0 aliphatic heterocycles. The Morgan fingerprint density at radius 3 is 2.08 bits per heavy atom. The van der Waals surface area contributed by atoms with E-state index in [1.54, 1.807) is 20.3 Å². The number of hydrogen-bond acceptors (Lipinski definition) is 4. The largest absolute Gasteiger partial charge is 0.392 e. The van der Waals surface area contributed by atoms with Gasteiger partial charge in [-0.1, -0.05) is 45.6 Å². The van der Waals surface area contributed by atoms with Crippen molar-refractivity contribution >= 4 is 8.07 Å². The predicted molar refractivity (Wildman–Crippen MR) is 107 cm³/mol. The first-order valence-corrected chi connectivity index (χ1v) is 12.7. The van der Waals surface area contributed by atoms with Gasteiger partial charge in [-0.05, 0) is 24.7 Å². The minimum atomic E-state index is -1.33. The van der Waals surface area contributed by atoms with Crippen LogP contribution in [0.4, 0.5) is 0 Å². The van der Waals surface area contributed by atoms with Gasteiger partial charge in [0, 0.05) is 20.6 Å². The van der Waals surface area contributed by atoms with Crippen LogP contribution in [-0.2, 0) is 9.47 Å². The SMILES string of the molecule is CO[C@@H](C[C@@H](C)CC#C[Si](C)(C)C)[C@@H](O)[C@H](C[C@@H](C)/C=C/CO)OC. The van der Waals surface area contributed by atoms with Crippen molar-refractivity contribution in [2.24, 2.45) is 11.8 Å². The summed E-state index contributed by atoms with van der Waals surface area (Å²) in [5.74, 6) is 3.87. The van der Waals surface area contributed by atoms with Crippen molar-refractivity contribution in [3.63, 3.8) is 0 Å². The lowest BCUT2D eigenvalue weighted by Crippen LogP contribution is -2.41. The van der Waals surface area contributed by atoms with E-state index in [-0.39, 0.29) is 24.7 Å². The van der Waals surface area contributed by atoms with Crippen LogP contribution in [0.5, 0.6) is 0 Å². The first-order chi connectivity index (χ1) is 11.6. The minimum absolute atomic E-state index is 0.0290. The second-order valence-corrected chi connectivity index (χ2v) is 12.7. The van der Waals surface area contributed by atoms with Gasteiger partial charge in [0.2, 0.25) is 0 Å². The van der Waals surface area contributed by atoms with Crippen molar-refractivity contribution in [2.75, 3.05) is 20.8 Å². The normalized spacial score (nSPS) is 18.3. The molecule has 0 heterocycles. The quantitative estimate of drug-likeness (QED) is 0.333. The van der Waals surface area contributed by atoms with Gasteiger partial charge >= 0.3 is 0 Å². The highest BCUT2D eigenvalue weighted by Gasteiger charge is 2.29. The van der Waals surface area contributed by atoms with Crippen molar-refractivity contribution in [1.29, 1.82) is 0 Å². The van der Waals surface area contributed by atoms with Gasteiger partial charge in [0.15, 0.2) is 0 Å². The van der Waals surface area contributed by atoms with Crippen LogP contribution in [0.2, 0.25) is 19.6 Å². The molecule has 2 N–H and O–H groups in total. The van der Waals surface area contributed by atoms with E-state index >= 15 is 0 Å². The Hall–Kier alpha value is -0.643. The topological polar surface area (TPSA) is 58.9 Å². The summed E-state index contributed by atoms with van der Waals surface area (Å²) >= 11 is 0. The van der Waals surface area contributed by atoms with Gasteiger partial charge in [-0.15, -0.1) is 11.5 Å². The second-order valence-electron chi connectivity index (χ2n) is 7.96. The zero-order valence-electron chi connectivity index (χ0n) is 17.1. The Bertz CT molecular complexity index is 433. The lowest BCUT2D eigenvalue weighted by atomic mass is 9.91. The summed E-state index contributed by atoms with van der Waals surface area (Å²) < 4.78 is 11.1. The molecule has 0 spiro atoms. The van der Waals surface area contributed by atoms with E-state index in [0.29, 0.717) is 12.3 Å². The third kappa shape index (κ3) is 11.6. The Kier molecular flexibility index (Phi) is 12.3. The fourth-order valence-electron chi connectivity index (χ4n) is 2.70. The molecule has 0 aromatic carbocycles. The number of aliphatic hydroxyl groups is 2. The highest BCUT2D eigenvalue weighted by molar-refractivity contribution is 6.83. The van der Waals surface area contributed by atoms with Crippen LogP contribution in [0.1, 0.15) is 33.1 Å². The predicted octanol–water partition coefficient (Wildman–Crippen LogP) is 3.25. The average Bonchev–Trinajstić information content (AvgIpc) is 2.53. The summed E-state index contributed by atoms with van der Waals surface area (Å²) in [6.07, 6.45) is 4.64. The van der Waals surface area contributed by atoms with Crippen molar-refractivity contribution < 1.29 is 19.7 Å². The maximum Gasteiger partial charge on any atom is 0.129 e. The zero-order valence-corrected chi connectivity index (χ0v) is 18.1. The maximum atomic E-state index is 10.7. The molecular formula is C20H38O4Si. The minimum Gasteiger partial charge on any atom is -0.392 e. The highest BCUT2D eigenvalue weighted by Crippen LogP contribution is 2.22. The number of rotatable bonds is 11. The van der Waals surface area contributed by atoms with Crippen molar-refractivity contribution in [3.8, 4) is 11.5 Å². The van der Waals surface area contributed by atoms with E-state index < -0.39 is 14.2 Å². The van der Waals surface area contributed by atoms with E-state index in [4.69, 9.17) is 14.6 Å². The first-order valence-electron chi connectivity index (χ1n) is 9.15. The van der Waals surface area contributed by atoms with Crippen molar-refractivity contribution in [2.45, 2.75) is 71.1 Å². The molecule has 0 bridgehead atoms. The van der Waals surface area contributed by atoms with E-state index in [0.717, 1.165) is 12.8 Å². The highest BCUT2D eigenvalue weighted by atomic mass is 28.3. The second kappa shape index (κ2) is 12.7. The van der Waals surface area contributed by atoms with Crippen LogP contribution in [0, 0.1) is 23.3 Å². The molecule has 0 rings (SSSR count). The Labute approximate surface area is 155 Å². The van der Waals surface area contributed by atoms with Gasteiger partial charge in [-0.2, -0.15) is 0 Å². The van der Waals surface area contributed by atoms with Gasteiger partial charge in [0.05, 0.1) is 18.8 Å². The molecule has 4 nitrogen and oxygen atoms in total. The smallest absolute Gasteiger partial charge is 0.129 e. The number of allylic oxidation sites excluding steroid dienone is 1. The number of hydrogen-bond donors (Lipinski definition) is 2. The molecule has 5 atom stereocenters. The third-order valence-corrected chi connectivity index (χ3v) is 5.02. The van der Waals surface area contributed by atoms with E-state index in [1.807, 2.05) is 13.0 Å². The monoisotopic (exact) mass is 370 g/mol. The van der Waals surface area contributed by atoms with Gasteiger partial charge in [-0.3, -0.25) is 0 Å². The number of methoxy groups -OCH3 is 2. The first kappa shape index (κ1) is 24.4. The van der Waals surface area contributed by atoms with E-state index in [2.05, 4.69) is 38.0 Å². The molecule has 0 radical (unpaired) electrons. The van der Waals surface area contributed by atoms with Crippen LogP contribution in [0.25, 0.3) is 0 Å². The van der Waals surface area contributed by atoms with Gasteiger partial charge < -0.3 is 19.7 Å². The zero-order chi connectivity index (χ0) is 19.5. The van der Waals surface area contributed by atoms with Crippen molar-refractivity contribution in [1.82, 2.24) is 0 Å². The van der Waals surface area contributed by atoms with E-state index in [9.17, 15) is 5.11 Å². The molecule has 0 amide bonds. The van der Waals surface area contributed by atoms with Crippen LogP contribution in [0.15, 0.2) is 12.2 Å². The molecule has 146 valence electrons. The molecule has 0 unspecified atom stereocenters. The molecule has 0 aliphatic rings. The lowest BCUT2D eigenvalue weighted by Gasteiger charge is -2.30. The molecule has 5 heteroatoms. The molecular weight excluding hydrogens is 332 g/mol. The summed E-state index contributed by atoms with van der Waals surface area (Å²) in [4.78, 5) is 0. The molecule has 0 saturated carbocycles. The summed E-state index contributed by atoms with van der Waals surface area (Å²) in [5, 5.41) is 19.6. The molecule has 0 saturated heterocycles. The fourth-order valence-corrected chi connectivity index (χ4v) is 3.33. The fraction of sp³-hybridized carbons (Fsp3) is 0.800. The van der Waals surface area contributed by atoms with Crippen molar-refractivity contribution in [3.05, 3.63) is 12.2 Å². The summed E-state index contributed by atoms with van der Waals surface area (Å²) in [7, 11) is 1.92. The van der Waals surface area contributed by atoms with Gasteiger partial charge in [0.25, 0.3) is 0 Å². The number of ether oxygens (including phenoxy) is 2. The molecule has 0 aromatic heterocycles. The van der Waals surface area contributed by atoms with Crippen LogP contribution in [0.3, 0.4) is 0 Å². The van der Waals surface area contributed by atoms with E-state index in [1.165, 1.54) is 0 Å². The standard InChI is InChI=1S/C20H38O4Si/c1-16(10-8-12-21)14-18(23-3)20(22)19(24-4)15-17(2)11-9-13-25(5,6)7/h8,10,16-22H,11-12,14-15H2,1-7H3/b10-8+/t16-,17-,18-,19-,20-/m0/s1. The van der Waals surface area contributed by atoms with Crippen LogP contribution < -0.4 is 0 Å². The molecule has 0 aromatic rings. The van der Waals surface area contributed by atoms with Crippen LogP contribution in [-0.4, -0.2) is 57.4 Å². The van der Waals surface area contributed by atoms with Gasteiger partial charge in [-0.25, -0.2) is 0 Å². The summed E-state index contributed by atoms with van der Waals surface area (Å²) in [5.41, 5.74) is 3.39. The Morgan fingerprint density at radius 2 is 1.60 bits per heavy atom.